The molecular weight excluding hydrogens is 426 g/mol. The number of aliphatic hydroxyl groups is 1. The number of aromatic hydroxyl groups is 1. The number of fused-ring (bicyclic) bond motifs is 2. The molecule has 2 aromatic carbocycles. The molecule has 1 aromatic heterocycles. The largest absolute Gasteiger partial charge is 0.504 e. The van der Waals surface area contributed by atoms with Crippen molar-refractivity contribution in [1.29, 1.82) is 0 Å². The number of benzene rings is 2. The number of rotatable bonds is 3. The van der Waals surface area contributed by atoms with Crippen molar-refractivity contribution in [3.63, 3.8) is 0 Å². The monoisotopic (exact) mass is 453 g/mol. The average molecular weight is 454 g/mol. The van der Waals surface area contributed by atoms with Crippen LogP contribution in [0, 0.1) is 5.92 Å². The second-order valence-corrected chi connectivity index (χ2v) is 10.9. The summed E-state index contributed by atoms with van der Waals surface area (Å²) in [5, 5.41) is 23.5. The summed E-state index contributed by atoms with van der Waals surface area (Å²) in [6, 6.07) is 13.8. The molecule has 0 amide bonds. The molecule has 1 spiro atoms. The number of phenols is 1. The van der Waals surface area contributed by atoms with Crippen LogP contribution in [0.5, 0.6) is 11.5 Å². The van der Waals surface area contributed by atoms with Gasteiger partial charge < -0.3 is 14.9 Å². The fraction of sp³-hybridized carbons (Fsp3) is 0.429. The van der Waals surface area contributed by atoms with Crippen LogP contribution in [0.15, 0.2) is 48.7 Å². The number of likely N-dealkylation sites (tertiary alicyclic amines) is 1. The standard InChI is InChI=1S/C28H27N3O3/c32-20-9-8-18-12-21-28(33)13-19-14-29-26(17-4-2-1-3-5-17)30-23(19)25-27(28,22(18)24(20)34-25)10-11-31(21)15-16-6-7-16/h1-5,8-9,14,16,21,25,32-33H,6-7,10-13,15H2/t21-,25-,27-,28+/m0/s1. The first-order chi connectivity index (χ1) is 16.6. The maximum Gasteiger partial charge on any atom is 0.166 e. The van der Waals surface area contributed by atoms with E-state index in [2.05, 4.69) is 9.88 Å². The molecule has 1 saturated carbocycles. The second kappa shape index (κ2) is 6.37. The van der Waals surface area contributed by atoms with Crippen molar-refractivity contribution < 1.29 is 14.9 Å². The van der Waals surface area contributed by atoms with Gasteiger partial charge in [0, 0.05) is 36.3 Å². The lowest BCUT2D eigenvalue weighted by Gasteiger charge is -2.62. The van der Waals surface area contributed by atoms with Gasteiger partial charge in [-0.2, -0.15) is 0 Å². The molecule has 2 aliphatic heterocycles. The molecule has 0 unspecified atom stereocenters. The van der Waals surface area contributed by atoms with Crippen molar-refractivity contribution >= 4 is 0 Å². The zero-order valence-corrected chi connectivity index (χ0v) is 18.9. The summed E-state index contributed by atoms with van der Waals surface area (Å²) in [5.41, 5.74) is 3.41. The van der Waals surface area contributed by atoms with Crippen LogP contribution in [-0.4, -0.2) is 49.8 Å². The molecule has 8 rings (SSSR count). The van der Waals surface area contributed by atoms with E-state index >= 15 is 0 Å². The number of hydrogen-bond donors (Lipinski definition) is 2. The Labute approximate surface area is 198 Å². The van der Waals surface area contributed by atoms with Gasteiger partial charge in [-0.25, -0.2) is 9.97 Å². The Morgan fingerprint density at radius 3 is 2.76 bits per heavy atom. The second-order valence-electron chi connectivity index (χ2n) is 10.9. The smallest absolute Gasteiger partial charge is 0.166 e. The molecule has 2 N–H and O–H groups in total. The fourth-order valence-corrected chi connectivity index (χ4v) is 7.45. The Kier molecular flexibility index (Phi) is 3.63. The number of phenolic OH excluding ortho intramolecular Hbond substituents is 1. The molecule has 2 bridgehead atoms. The SMILES string of the molecule is Oc1ccc2c3c1O[C@H]1c4nc(-c5ccccc5)ncc4C[C@@]4(O)[C@H](C2)N(CC2CC2)CC[C@]314. The minimum absolute atomic E-state index is 0.0258. The predicted molar refractivity (Wildman–Crippen MR) is 126 cm³/mol. The quantitative estimate of drug-likeness (QED) is 0.632. The van der Waals surface area contributed by atoms with E-state index in [0.29, 0.717) is 18.0 Å². The lowest BCUT2D eigenvalue weighted by atomic mass is 9.49. The van der Waals surface area contributed by atoms with Crippen LogP contribution < -0.4 is 4.74 Å². The van der Waals surface area contributed by atoms with Gasteiger partial charge in [0.25, 0.3) is 0 Å². The summed E-state index contributed by atoms with van der Waals surface area (Å²) in [7, 11) is 0. The van der Waals surface area contributed by atoms with Crippen LogP contribution in [0.4, 0.5) is 0 Å². The Bertz CT molecular complexity index is 1340. The normalized spacial score (nSPS) is 32.6. The van der Waals surface area contributed by atoms with Gasteiger partial charge in [0.2, 0.25) is 0 Å². The van der Waals surface area contributed by atoms with E-state index in [4.69, 9.17) is 9.72 Å². The van der Waals surface area contributed by atoms with Crippen LogP contribution in [0.1, 0.15) is 47.8 Å². The highest BCUT2D eigenvalue weighted by atomic mass is 16.5. The average Bonchev–Trinajstić information content (AvgIpc) is 3.59. The summed E-state index contributed by atoms with van der Waals surface area (Å²) in [6.07, 6.45) is 6.14. The first kappa shape index (κ1) is 19.4. The van der Waals surface area contributed by atoms with Gasteiger partial charge in [-0.3, -0.25) is 4.90 Å². The van der Waals surface area contributed by atoms with Crippen molar-refractivity contribution in [2.45, 2.75) is 55.3 Å². The molecule has 6 nitrogen and oxygen atoms in total. The van der Waals surface area contributed by atoms with Gasteiger partial charge in [-0.15, -0.1) is 0 Å². The molecule has 0 radical (unpaired) electrons. The number of hydrogen-bond acceptors (Lipinski definition) is 6. The highest BCUT2D eigenvalue weighted by Gasteiger charge is 2.72. The molecular formula is C28H27N3O3. The van der Waals surface area contributed by atoms with E-state index in [1.165, 1.54) is 18.4 Å². The molecule has 6 heteroatoms. The first-order valence-electron chi connectivity index (χ1n) is 12.5. The summed E-state index contributed by atoms with van der Waals surface area (Å²) >= 11 is 0. The van der Waals surface area contributed by atoms with Crippen molar-refractivity contribution in [2.24, 2.45) is 5.92 Å². The Hall–Kier alpha value is -2.96. The van der Waals surface area contributed by atoms with Gasteiger partial charge in [0.05, 0.1) is 16.7 Å². The molecule has 3 heterocycles. The highest BCUT2D eigenvalue weighted by Crippen LogP contribution is 2.68. The molecule has 4 atom stereocenters. The van der Waals surface area contributed by atoms with Crippen molar-refractivity contribution in [1.82, 2.24) is 14.9 Å². The first-order valence-corrected chi connectivity index (χ1v) is 12.5. The number of nitrogens with zero attached hydrogens (tertiary/aromatic N) is 3. The van der Waals surface area contributed by atoms with Crippen molar-refractivity contribution in [3.8, 4) is 22.9 Å². The third-order valence-electron chi connectivity index (χ3n) is 9.15. The Balaban J connectivity index is 1.35. The summed E-state index contributed by atoms with van der Waals surface area (Å²) in [4.78, 5) is 12.3. The zero-order chi connectivity index (χ0) is 22.7. The van der Waals surface area contributed by atoms with Crippen LogP contribution >= 0.6 is 0 Å². The predicted octanol–water partition coefficient (Wildman–Crippen LogP) is 3.55. The molecule has 2 fully saturated rings. The maximum absolute atomic E-state index is 12.7. The van der Waals surface area contributed by atoms with Gasteiger partial charge in [-0.05, 0) is 55.3 Å². The van der Waals surface area contributed by atoms with E-state index in [0.717, 1.165) is 54.2 Å². The number of aromatic nitrogens is 2. The van der Waals surface area contributed by atoms with Gasteiger partial charge in [-0.1, -0.05) is 36.4 Å². The van der Waals surface area contributed by atoms with E-state index in [9.17, 15) is 10.2 Å². The summed E-state index contributed by atoms with van der Waals surface area (Å²) < 4.78 is 6.60. The fourth-order valence-electron chi connectivity index (χ4n) is 7.45. The molecule has 3 aromatic rings. The van der Waals surface area contributed by atoms with E-state index < -0.39 is 17.1 Å². The molecule has 34 heavy (non-hydrogen) atoms. The van der Waals surface area contributed by atoms with E-state index in [1.54, 1.807) is 6.07 Å². The Morgan fingerprint density at radius 2 is 1.94 bits per heavy atom. The molecule has 3 aliphatic carbocycles. The summed E-state index contributed by atoms with van der Waals surface area (Å²) in [5.74, 6) is 2.13. The van der Waals surface area contributed by atoms with Crippen LogP contribution in [0.2, 0.25) is 0 Å². The van der Waals surface area contributed by atoms with Crippen LogP contribution in [0.25, 0.3) is 11.4 Å². The zero-order valence-electron chi connectivity index (χ0n) is 18.9. The molecule has 5 aliphatic rings. The van der Waals surface area contributed by atoms with E-state index in [1.807, 2.05) is 42.6 Å². The highest BCUT2D eigenvalue weighted by molar-refractivity contribution is 5.65. The van der Waals surface area contributed by atoms with Crippen molar-refractivity contribution in [3.05, 3.63) is 71.0 Å². The third-order valence-corrected chi connectivity index (χ3v) is 9.15. The van der Waals surface area contributed by atoms with Gasteiger partial charge in [0.1, 0.15) is 0 Å². The number of ether oxygens (including phenoxy) is 1. The van der Waals surface area contributed by atoms with E-state index in [-0.39, 0.29) is 11.8 Å². The third kappa shape index (κ3) is 2.28. The lowest BCUT2D eigenvalue weighted by molar-refractivity contribution is -0.173. The molecule has 1 saturated heterocycles. The Morgan fingerprint density at radius 1 is 1.09 bits per heavy atom. The number of piperidine rings is 1. The van der Waals surface area contributed by atoms with Gasteiger partial charge in [0.15, 0.2) is 23.4 Å². The summed E-state index contributed by atoms with van der Waals surface area (Å²) in [6.45, 7) is 2.00. The minimum atomic E-state index is -0.985. The van der Waals surface area contributed by atoms with Crippen LogP contribution in [0.3, 0.4) is 0 Å². The van der Waals surface area contributed by atoms with Gasteiger partial charge >= 0.3 is 0 Å². The minimum Gasteiger partial charge on any atom is -0.504 e. The topological polar surface area (TPSA) is 78.7 Å². The van der Waals surface area contributed by atoms with Crippen LogP contribution in [-0.2, 0) is 18.3 Å². The van der Waals surface area contributed by atoms with Crippen molar-refractivity contribution in [2.75, 3.05) is 13.1 Å². The maximum atomic E-state index is 12.7. The molecule has 172 valence electrons. The lowest BCUT2D eigenvalue weighted by Crippen LogP contribution is -2.74.